The third kappa shape index (κ3) is 3.36. The SMILES string of the molecule is NC(=O)N(O)CC1OC(Oc2ccc(-n3ccnc3)cc2)=CC1=O. The molecule has 0 bridgehead atoms. The highest BCUT2D eigenvalue weighted by molar-refractivity contribution is 5.96. The monoisotopic (exact) mass is 330 g/mol. The maximum Gasteiger partial charge on any atom is 0.338 e. The molecule has 1 aliphatic heterocycles. The van der Waals surface area contributed by atoms with E-state index in [0.717, 1.165) is 11.8 Å². The zero-order chi connectivity index (χ0) is 17.1. The number of hydroxylamine groups is 2. The second kappa shape index (κ2) is 6.42. The molecule has 3 rings (SSSR count). The number of hydrogen-bond acceptors (Lipinski definition) is 6. The summed E-state index contributed by atoms with van der Waals surface area (Å²) in [5.41, 5.74) is 5.78. The van der Waals surface area contributed by atoms with Gasteiger partial charge in [-0.15, -0.1) is 0 Å². The van der Waals surface area contributed by atoms with E-state index in [1.807, 2.05) is 16.7 Å². The molecule has 1 atom stereocenters. The molecule has 2 aromatic rings. The lowest BCUT2D eigenvalue weighted by atomic mass is 10.2. The van der Waals surface area contributed by atoms with E-state index in [1.165, 1.54) is 0 Å². The number of nitrogens with two attached hydrogens (primary N) is 1. The van der Waals surface area contributed by atoms with Crippen LogP contribution in [0.2, 0.25) is 0 Å². The summed E-state index contributed by atoms with van der Waals surface area (Å²) in [4.78, 5) is 26.5. The number of urea groups is 1. The van der Waals surface area contributed by atoms with Crippen LogP contribution in [0.1, 0.15) is 0 Å². The van der Waals surface area contributed by atoms with Gasteiger partial charge in [0.2, 0.25) is 5.78 Å². The van der Waals surface area contributed by atoms with Gasteiger partial charge in [0.25, 0.3) is 5.95 Å². The predicted molar refractivity (Wildman–Crippen MR) is 80.2 cm³/mol. The molecule has 0 radical (unpaired) electrons. The molecule has 1 aliphatic rings. The van der Waals surface area contributed by atoms with E-state index < -0.39 is 17.9 Å². The average Bonchev–Trinajstić information content (AvgIpc) is 3.19. The van der Waals surface area contributed by atoms with E-state index >= 15 is 0 Å². The molecule has 24 heavy (non-hydrogen) atoms. The molecule has 9 nitrogen and oxygen atoms in total. The summed E-state index contributed by atoms with van der Waals surface area (Å²) in [7, 11) is 0. The minimum atomic E-state index is -1.07. The molecule has 124 valence electrons. The van der Waals surface area contributed by atoms with Crippen molar-refractivity contribution < 1.29 is 24.3 Å². The first-order valence-corrected chi connectivity index (χ1v) is 6.97. The summed E-state index contributed by atoms with van der Waals surface area (Å²) < 4.78 is 12.6. The van der Waals surface area contributed by atoms with E-state index in [4.69, 9.17) is 15.2 Å². The van der Waals surface area contributed by atoms with E-state index in [0.29, 0.717) is 5.75 Å². The van der Waals surface area contributed by atoms with Crippen molar-refractivity contribution in [3.63, 3.8) is 0 Å². The fraction of sp³-hybridized carbons (Fsp3) is 0.133. The average molecular weight is 330 g/mol. The zero-order valence-electron chi connectivity index (χ0n) is 12.4. The van der Waals surface area contributed by atoms with Crippen LogP contribution in [0.25, 0.3) is 5.69 Å². The van der Waals surface area contributed by atoms with Gasteiger partial charge in [-0.2, -0.15) is 0 Å². The van der Waals surface area contributed by atoms with Crippen LogP contribution in [0.4, 0.5) is 4.79 Å². The smallest absolute Gasteiger partial charge is 0.338 e. The second-order valence-electron chi connectivity index (χ2n) is 4.96. The number of carbonyl (C=O) groups excluding carboxylic acids is 2. The first-order chi connectivity index (χ1) is 11.5. The van der Waals surface area contributed by atoms with Crippen LogP contribution in [0, 0.1) is 0 Å². The number of ketones is 1. The summed E-state index contributed by atoms with van der Waals surface area (Å²) in [6, 6.07) is 5.97. The maximum atomic E-state index is 11.8. The molecule has 0 fully saturated rings. The second-order valence-corrected chi connectivity index (χ2v) is 4.96. The summed E-state index contributed by atoms with van der Waals surface area (Å²) in [5.74, 6) is 0.0212. The molecular formula is C15H14N4O5. The number of imidazole rings is 1. The van der Waals surface area contributed by atoms with Gasteiger partial charge in [-0.25, -0.2) is 14.8 Å². The fourth-order valence-electron chi connectivity index (χ4n) is 2.08. The molecule has 1 aromatic heterocycles. The zero-order valence-corrected chi connectivity index (χ0v) is 12.4. The van der Waals surface area contributed by atoms with Crippen LogP contribution in [-0.2, 0) is 9.53 Å². The third-order valence-corrected chi connectivity index (χ3v) is 3.29. The predicted octanol–water partition coefficient (Wildman–Crippen LogP) is 0.830. The Morgan fingerprint density at radius 3 is 2.79 bits per heavy atom. The Labute approximate surface area is 136 Å². The lowest BCUT2D eigenvalue weighted by molar-refractivity contribution is -0.128. The van der Waals surface area contributed by atoms with Crippen LogP contribution in [0.5, 0.6) is 5.75 Å². The molecule has 1 aromatic carbocycles. The Hall–Kier alpha value is -3.33. The van der Waals surface area contributed by atoms with Crippen molar-refractivity contribution in [2.24, 2.45) is 5.73 Å². The Balaban J connectivity index is 1.61. The van der Waals surface area contributed by atoms with Crippen LogP contribution in [-0.4, -0.2) is 44.3 Å². The number of ether oxygens (including phenoxy) is 2. The molecule has 2 heterocycles. The molecule has 9 heteroatoms. The number of carbonyl (C=O) groups is 2. The van der Waals surface area contributed by atoms with Crippen molar-refractivity contribution in [3.05, 3.63) is 55.0 Å². The van der Waals surface area contributed by atoms with Crippen LogP contribution < -0.4 is 10.5 Å². The van der Waals surface area contributed by atoms with E-state index in [1.54, 1.807) is 30.9 Å². The quantitative estimate of drug-likeness (QED) is 0.619. The minimum Gasteiger partial charge on any atom is -0.451 e. The lowest BCUT2D eigenvalue weighted by Gasteiger charge is -2.17. The molecule has 0 spiro atoms. The van der Waals surface area contributed by atoms with Gasteiger partial charge in [0, 0.05) is 18.1 Å². The van der Waals surface area contributed by atoms with Gasteiger partial charge in [0.1, 0.15) is 5.75 Å². The Morgan fingerprint density at radius 2 is 2.17 bits per heavy atom. The minimum absolute atomic E-state index is 0.0155. The van der Waals surface area contributed by atoms with E-state index in [-0.39, 0.29) is 17.6 Å². The van der Waals surface area contributed by atoms with E-state index in [2.05, 4.69) is 4.98 Å². The van der Waals surface area contributed by atoms with Crippen molar-refractivity contribution in [2.75, 3.05) is 6.54 Å². The summed E-state index contributed by atoms with van der Waals surface area (Å²) in [6.45, 7) is -0.378. The molecular weight excluding hydrogens is 316 g/mol. The number of primary amides is 1. The Bertz CT molecular complexity index is 770. The number of rotatable bonds is 5. The maximum absolute atomic E-state index is 11.8. The van der Waals surface area contributed by atoms with Gasteiger partial charge in [-0.1, -0.05) is 0 Å². The van der Waals surface area contributed by atoms with Crippen molar-refractivity contribution in [1.82, 2.24) is 14.6 Å². The molecule has 0 saturated heterocycles. The molecule has 2 amide bonds. The van der Waals surface area contributed by atoms with Crippen LogP contribution in [0.15, 0.2) is 55.0 Å². The van der Waals surface area contributed by atoms with Crippen LogP contribution in [0.3, 0.4) is 0 Å². The first-order valence-electron chi connectivity index (χ1n) is 6.97. The van der Waals surface area contributed by atoms with Gasteiger partial charge < -0.3 is 19.8 Å². The van der Waals surface area contributed by atoms with Gasteiger partial charge in [-0.05, 0) is 24.3 Å². The lowest BCUT2D eigenvalue weighted by Crippen LogP contribution is -2.40. The normalized spacial score (nSPS) is 16.5. The van der Waals surface area contributed by atoms with Crippen molar-refractivity contribution in [3.8, 4) is 11.4 Å². The van der Waals surface area contributed by atoms with Crippen molar-refractivity contribution in [1.29, 1.82) is 0 Å². The highest BCUT2D eigenvalue weighted by atomic mass is 16.7. The highest BCUT2D eigenvalue weighted by Gasteiger charge is 2.31. The standard InChI is InChI=1S/C15H14N4O5/c16-15(21)19(22)8-13-12(20)7-14(24-13)23-11-3-1-10(2-4-11)18-6-5-17-9-18/h1-7,9,13,22H,8H2,(H2,16,21). The molecule has 0 saturated carbocycles. The fourth-order valence-corrected chi connectivity index (χ4v) is 2.08. The number of aromatic nitrogens is 2. The summed E-state index contributed by atoms with van der Waals surface area (Å²) >= 11 is 0. The molecule has 0 aliphatic carbocycles. The molecule has 3 N–H and O–H groups in total. The highest BCUT2D eigenvalue weighted by Crippen LogP contribution is 2.22. The number of hydrogen-bond donors (Lipinski definition) is 2. The third-order valence-electron chi connectivity index (χ3n) is 3.29. The number of nitrogens with zero attached hydrogens (tertiary/aromatic N) is 3. The van der Waals surface area contributed by atoms with Gasteiger partial charge in [0.05, 0.1) is 18.9 Å². The van der Waals surface area contributed by atoms with E-state index in [9.17, 15) is 14.8 Å². The van der Waals surface area contributed by atoms with Crippen LogP contribution >= 0.6 is 0 Å². The molecule has 1 unspecified atom stereocenters. The number of amides is 2. The topological polar surface area (TPSA) is 120 Å². The van der Waals surface area contributed by atoms with Gasteiger partial charge in [-0.3, -0.25) is 10.0 Å². The number of benzene rings is 1. The summed E-state index contributed by atoms with van der Waals surface area (Å²) in [6.07, 6.45) is 5.25. The van der Waals surface area contributed by atoms with Crippen molar-refractivity contribution in [2.45, 2.75) is 6.10 Å². The van der Waals surface area contributed by atoms with Gasteiger partial charge >= 0.3 is 6.03 Å². The van der Waals surface area contributed by atoms with Crippen molar-refractivity contribution >= 4 is 11.8 Å². The summed E-state index contributed by atoms with van der Waals surface area (Å²) in [5, 5.41) is 9.46. The largest absolute Gasteiger partial charge is 0.451 e. The Kier molecular flexibility index (Phi) is 4.17. The first kappa shape index (κ1) is 15.6. The van der Waals surface area contributed by atoms with Gasteiger partial charge in [0.15, 0.2) is 6.10 Å². The Morgan fingerprint density at radius 1 is 1.42 bits per heavy atom.